The van der Waals surface area contributed by atoms with Crippen LogP contribution in [-0.4, -0.2) is 14.5 Å². The molecule has 204 valence electrons. The summed E-state index contributed by atoms with van der Waals surface area (Å²) < 4.78 is 15.0. The van der Waals surface area contributed by atoms with Crippen molar-refractivity contribution < 1.29 is 9.47 Å². The highest BCUT2D eigenvalue weighted by atomic mass is 16.6. The van der Waals surface area contributed by atoms with Gasteiger partial charge in [-0.3, -0.25) is 4.57 Å². The molecule has 7 aromatic rings. The van der Waals surface area contributed by atoms with Gasteiger partial charge in [0.15, 0.2) is 28.8 Å². The molecule has 43 heavy (non-hydrogen) atoms. The molecule has 0 amide bonds. The Kier molecular flexibility index (Phi) is 5.26. The van der Waals surface area contributed by atoms with Crippen molar-refractivity contribution in [3.05, 3.63) is 132 Å². The van der Waals surface area contributed by atoms with Crippen molar-refractivity contribution >= 4 is 27.9 Å². The van der Waals surface area contributed by atoms with Gasteiger partial charge in [0.1, 0.15) is 5.82 Å². The lowest BCUT2D eigenvalue weighted by atomic mass is 9.94. The third kappa shape index (κ3) is 3.86. The van der Waals surface area contributed by atoms with Gasteiger partial charge in [-0.1, -0.05) is 97.1 Å². The first-order chi connectivity index (χ1) is 21.3. The maximum atomic E-state index is 6.39. The lowest BCUT2D eigenvalue weighted by molar-refractivity contribution is 0.360. The van der Waals surface area contributed by atoms with E-state index in [0.717, 1.165) is 63.0 Å². The van der Waals surface area contributed by atoms with Gasteiger partial charge >= 0.3 is 0 Å². The molecule has 0 unspecified atom stereocenters. The molecule has 0 N–H and O–H groups in total. The van der Waals surface area contributed by atoms with E-state index in [1.54, 1.807) is 0 Å². The maximum Gasteiger partial charge on any atom is 0.172 e. The van der Waals surface area contributed by atoms with Gasteiger partial charge in [0, 0.05) is 34.0 Å². The fraction of sp³-hybridized carbons (Fsp3) is 0.0526. The van der Waals surface area contributed by atoms with Crippen molar-refractivity contribution in [2.75, 3.05) is 0 Å². The number of ether oxygens (including phenoxy) is 2. The van der Waals surface area contributed by atoms with E-state index in [4.69, 9.17) is 19.4 Å². The van der Waals surface area contributed by atoms with E-state index in [1.807, 2.05) is 60.7 Å². The molecule has 0 saturated carbocycles. The highest BCUT2D eigenvalue weighted by molar-refractivity contribution is 6.12. The number of hydrogen-bond donors (Lipinski definition) is 0. The van der Waals surface area contributed by atoms with Crippen LogP contribution in [0.2, 0.25) is 0 Å². The van der Waals surface area contributed by atoms with Crippen LogP contribution in [0.4, 0.5) is 0 Å². The Morgan fingerprint density at radius 2 is 1.30 bits per heavy atom. The largest absolute Gasteiger partial charge is 0.449 e. The molecule has 0 spiro atoms. The lowest BCUT2D eigenvalue weighted by Gasteiger charge is -2.21. The second kappa shape index (κ2) is 9.43. The third-order valence-electron chi connectivity index (χ3n) is 8.33. The molecule has 0 atom stereocenters. The summed E-state index contributed by atoms with van der Waals surface area (Å²) in [5, 5.41) is 2.26. The smallest absolute Gasteiger partial charge is 0.172 e. The number of aromatic nitrogens is 3. The van der Waals surface area contributed by atoms with E-state index < -0.39 is 0 Å². The third-order valence-corrected chi connectivity index (χ3v) is 8.33. The van der Waals surface area contributed by atoms with Gasteiger partial charge in [-0.15, -0.1) is 0 Å². The summed E-state index contributed by atoms with van der Waals surface area (Å²) in [6.45, 7) is 0. The summed E-state index contributed by atoms with van der Waals surface area (Å²) in [4.78, 5) is 10.3. The molecule has 3 heterocycles. The molecule has 2 aromatic heterocycles. The normalized spacial score (nSPS) is 13.2. The molecule has 9 rings (SSSR count). The minimum atomic E-state index is 0.683. The Balaban J connectivity index is 1.37. The fourth-order valence-corrected chi connectivity index (χ4v) is 6.33. The van der Waals surface area contributed by atoms with Crippen LogP contribution in [0.1, 0.15) is 17.5 Å². The van der Waals surface area contributed by atoms with Gasteiger partial charge < -0.3 is 9.47 Å². The molecule has 5 aromatic carbocycles. The number of allylic oxidation sites excluding steroid dienone is 1. The Morgan fingerprint density at radius 1 is 0.605 bits per heavy atom. The number of benzene rings is 5. The van der Waals surface area contributed by atoms with Crippen LogP contribution in [0, 0.1) is 0 Å². The van der Waals surface area contributed by atoms with Crippen LogP contribution in [0.25, 0.3) is 56.3 Å². The quantitative estimate of drug-likeness (QED) is 0.218. The van der Waals surface area contributed by atoms with E-state index >= 15 is 0 Å². The van der Waals surface area contributed by atoms with Crippen molar-refractivity contribution in [1.82, 2.24) is 14.5 Å². The molecule has 5 heteroatoms. The summed E-state index contributed by atoms with van der Waals surface area (Å²) in [7, 11) is 0. The van der Waals surface area contributed by atoms with E-state index in [1.165, 1.54) is 11.1 Å². The van der Waals surface area contributed by atoms with E-state index in [9.17, 15) is 0 Å². The van der Waals surface area contributed by atoms with Gasteiger partial charge in [-0.25, -0.2) is 9.97 Å². The van der Waals surface area contributed by atoms with Gasteiger partial charge in [0.25, 0.3) is 0 Å². The first kappa shape index (κ1) is 24.0. The van der Waals surface area contributed by atoms with Crippen LogP contribution >= 0.6 is 0 Å². The summed E-state index contributed by atoms with van der Waals surface area (Å²) in [5.74, 6) is 4.32. The van der Waals surface area contributed by atoms with E-state index in [2.05, 4.69) is 71.3 Å². The van der Waals surface area contributed by atoms with Crippen LogP contribution in [-0.2, 0) is 6.42 Å². The Morgan fingerprint density at radius 3 is 2.07 bits per heavy atom. The number of rotatable bonds is 3. The van der Waals surface area contributed by atoms with Crippen molar-refractivity contribution in [2.45, 2.75) is 12.8 Å². The second-order valence-electron chi connectivity index (χ2n) is 10.9. The predicted octanol–water partition coefficient (Wildman–Crippen LogP) is 9.77. The standard InChI is InChI=1S/C38H25N3O2/c1-3-12-25(13-4-1)30-22-36(40-38(39-30)26-14-5-2-6-15-26)41-31-23-35-34(42-32-17-9-10-18-33(32)43-35)21-29(31)28-20-19-24-11-7-8-16-27(24)37(28)41/h1-7,9-15,17-23H,8,16H2. The average molecular weight is 556 g/mol. The number of hydrogen-bond acceptors (Lipinski definition) is 4. The van der Waals surface area contributed by atoms with Crippen LogP contribution in [0.5, 0.6) is 23.0 Å². The Bertz CT molecular complexity index is 2180. The van der Waals surface area contributed by atoms with Crippen molar-refractivity contribution in [2.24, 2.45) is 0 Å². The maximum absolute atomic E-state index is 6.39. The molecule has 0 saturated heterocycles. The van der Waals surface area contributed by atoms with Crippen molar-refractivity contribution in [3.63, 3.8) is 0 Å². The number of aryl methyl sites for hydroxylation is 1. The molecular formula is C38H25N3O2. The van der Waals surface area contributed by atoms with E-state index in [0.29, 0.717) is 23.1 Å². The SMILES string of the molecule is C1=Cc2ccc3c4cc5c(cc4n(-c4cc(-c6ccccc6)nc(-c6ccccc6)n4)c3c2CC1)Oc1ccccc1O5. The molecule has 1 aliphatic heterocycles. The number of para-hydroxylation sites is 2. The zero-order valence-corrected chi connectivity index (χ0v) is 23.2. The van der Waals surface area contributed by atoms with Gasteiger partial charge in [-0.05, 0) is 42.2 Å². The zero-order valence-electron chi connectivity index (χ0n) is 23.2. The molecule has 0 fully saturated rings. The first-order valence-corrected chi connectivity index (χ1v) is 14.6. The summed E-state index contributed by atoms with van der Waals surface area (Å²) in [6, 6.07) is 39.1. The van der Waals surface area contributed by atoms with E-state index in [-0.39, 0.29) is 0 Å². The van der Waals surface area contributed by atoms with Crippen LogP contribution in [0.3, 0.4) is 0 Å². The van der Waals surface area contributed by atoms with Crippen LogP contribution in [0.15, 0.2) is 121 Å². The zero-order chi connectivity index (χ0) is 28.3. The number of nitrogens with zero attached hydrogens (tertiary/aromatic N) is 3. The molecule has 0 radical (unpaired) electrons. The first-order valence-electron chi connectivity index (χ1n) is 14.6. The lowest BCUT2D eigenvalue weighted by Crippen LogP contribution is -2.05. The molecule has 5 nitrogen and oxygen atoms in total. The highest BCUT2D eigenvalue weighted by Crippen LogP contribution is 2.49. The Hall–Kier alpha value is -5.68. The van der Waals surface area contributed by atoms with Gasteiger partial charge in [0.2, 0.25) is 0 Å². The predicted molar refractivity (Wildman–Crippen MR) is 171 cm³/mol. The van der Waals surface area contributed by atoms with Crippen molar-refractivity contribution in [1.29, 1.82) is 0 Å². The molecule has 0 bridgehead atoms. The fourth-order valence-electron chi connectivity index (χ4n) is 6.33. The topological polar surface area (TPSA) is 49.2 Å². The van der Waals surface area contributed by atoms with Gasteiger partial charge in [0.05, 0.1) is 16.7 Å². The molecule has 2 aliphatic rings. The Labute approximate surface area is 248 Å². The van der Waals surface area contributed by atoms with Crippen LogP contribution < -0.4 is 9.47 Å². The second-order valence-corrected chi connectivity index (χ2v) is 10.9. The number of fused-ring (bicyclic) bond motifs is 7. The summed E-state index contributed by atoms with van der Waals surface area (Å²) in [5.41, 5.74) is 7.62. The molecule has 1 aliphatic carbocycles. The molecular weight excluding hydrogens is 530 g/mol. The monoisotopic (exact) mass is 555 g/mol. The van der Waals surface area contributed by atoms with Crippen molar-refractivity contribution in [3.8, 4) is 51.5 Å². The minimum absolute atomic E-state index is 0.683. The summed E-state index contributed by atoms with van der Waals surface area (Å²) in [6.07, 6.45) is 6.45. The van der Waals surface area contributed by atoms with Gasteiger partial charge in [-0.2, -0.15) is 0 Å². The minimum Gasteiger partial charge on any atom is -0.449 e. The highest BCUT2D eigenvalue weighted by Gasteiger charge is 2.25. The average Bonchev–Trinajstić information content (AvgIpc) is 3.40. The summed E-state index contributed by atoms with van der Waals surface area (Å²) >= 11 is 0.